The summed E-state index contributed by atoms with van der Waals surface area (Å²) in [4.78, 5) is 13.9. The average molecular weight is 455 g/mol. The molecule has 3 fully saturated rings. The molecule has 0 unspecified atom stereocenters. The monoisotopic (exact) mass is 454 g/mol. The van der Waals surface area contributed by atoms with Crippen molar-refractivity contribution in [3.05, 3.63) is 18.6 Å². The zero-order valence-corrected chi connectivity index (χ0v) is 18.3. The van der Waals surface area contributed by atoms with E-state index in [1.54, 1.807) is 4.31 Å². The summed E-state index contributed by atoms with van der Waals surface area (Å²) in [7, 11) is -6.57. The Morgan fingerprint density at radius 3 is 2.70 bits per heavy atom. The predicted molar refractivity (Wildman–Crippen MR) is 113 cm³/mol. The maximum absolute atomic E-state index is 13.1. The number of sulfone groups is 1. The first kappa shape index (κ1) is 20.2. The van der Waals surface area contributed by atoms with Crippen molar-refractivity contribution in [1.29, 1.82) is 0 Å². The van der Waals surface area contributed by atoms with Gasteiger partial charge in [-0.05, 0) is 37.7 Å². The number of nitrogens with zero attached hydrogens (tertiary/aromatic N) is 4. The lowest BCUT2D eigenvalue weighted by atomic mass is 10.0. The minimum absolute atomic E-state index is 0.0719. The van der Waals surface area contributed by atoms with Gasteiger partial charge in [0.25, 0.3) is 10.2 Å². The minimum atomic E-state index is -3.63. The lowest BCUT2D eigenvalue weighted by molar-refractivity contribution is 0.265. The Labute approximate surface area is 176 Å². The molecular weight excluding hydrogens is 428 g/mol. The van der Waals surface area contributed by atoms with Crippen molar-refractivity contribution in [2.45, 2.75) is 31.2 Å². The molecule has 1 spiro atoms. The molecule has 2 aromatic heterocycles. The van der Waals surface area contributed by atoms with E-state index in [-0.39, 0.29) is 17.4 Å². The molecule has 2 saturated heterocycles. The van der Waals surface area contributed by atoms with E-state index >= 15 is 0 Å². The average Bonchev–Trinajstić information content (AvgIpc) is 3.28. The van der Waals surface area contributed by atoms with Gasteiger partial charge in [0.05, 0.1) is 22.4 Å². The highest BCUT2D eigenvalue weighted by Crippen LogP contribution is 2.46. The van der Waals surface area contributed by atoms with Crippen LogP contribution in [0.2, 0.25) is 0 Å². The molecular formula is C18H26N6O4S2. The standard InChI is InChI=1S/C18H26N6O4S2/c25-29(26)9-2-14(3-10-29)11-22-30(27,28)24-8-7-23(12-18(24)4-5-18)17-15-1-6-19-16(15)20-13-21-17/h1,6,13-14,22H,2-5,7-12H2,(H,19,20,21). The van der Waals surface area contributed by atoms with Crippen LogP contribution in [0.1, 0.15) is 25.7 Å². The van der Waals surface area contributed by atoms with Crippen LogP contribution in [0.25, 0.3) is 11.0 Å². The molecule has 12 heteroatoms. The van der Waals surface area contributed by atoms with Crippen LogP contribution in [0.3, 0.4) is 0 Å². The van der Waals surface area contributed by atoms with Gasteiger partial charge in [0.1, 0.15) is 27.6 Å². The number of fused-ring (bicyclic) bond motifs is 1. The van der Waals surface area contributed by atoms with Crippen LogP contribution < -0.4 is 9.62 Å². The van der Waals surface area contributed by atoms with Crippen molar-refractivity contribution in [3.8, 4) is 0 Å². The number of aromatic amines is 1. The molecule has 1 aliphatic carbocycles. The van der Waals surface area contributed by atoms with Crippen LogP contribution in [0.4, 0.5) is 5.82 Å². The van der Waals surface area contributed by atoms with Crippen molar-refractivity contribution >= 4 is 36.9 Å². The van der Waals surface area contributed by atoms with E-state index in [4.69, 9.17) is 0 Å². The smallest absolute Gasteiger partial charge is 0.280 e. The van der Waals surface area contributed by atoms with Crippen molar-refractivity contribution in [2.24, 2.45) is 5.92 Å². The van der Waals surface area contributed by atoms with Gasteiger partial charge < -0.3 is 9.88 Å². The summed E-state index contributed by atoms with van der Waals surface area (Å²) in [5.74, 6) is 1.20. The first-order chi connectivity index (χ1) is 14.3. The molecule has 2 aliphatic heterocycles. The van der Waals surface area contributed by atoms with Gasteiger partial charge in [-0.15, -0.1) is 0 Å². The molecule has 2 aromatic rings. The zero-order valence-electron chi connectivity index (χ0n) is 16.6. The summed E-state index contributed by atoms with van der Waals surface area (Å²) < 4.78 is 53.7. The van der Waals surface area contributed by atoms with Crippen LogP contribution in [0.5, 0.6) is 0 Å². The van der Waals surface area contributed by atoms with Crippen LogP contribution in [-0.4, -0.2) is 79.3 Å². The molecule has 0 aromatic carbocycles. The minimum Gasteiger partial charge on any atom is -0.353 e. The highest BCUT2D eigenvalue weighted by atomic mass is 32.2. The Hall–Kier alpha value is -1.76. The van der Waals surface area contributed by atoms with Gasteiger partial charge >= 0.3 is 0 Å². The quantitative estimate of drug-likeness (QED) is 0.664. The SMILES string of the molecule is O=S1(=O)CCC(CNS(=O)(=O)N2CCN(c3ncnc4[nH]ccc34)CC23CC3)CC1. The van der Waals surface area contributed by atoms with E-state index in [1.807, 2.05) is 12.3 Å². The number of H-pyrrole nitrogens is 1. The molecule has 3 aliphatic rings. The highest BCUT2D eigenvalue weighted by molar-refractivity contribution is 7.91. The van der Waals surface area contributed by atoms with E-state index in [0.29, 0.717) is 39.0 Å². The third-order valence-corrected chi connectivity index (χ3v) is 9.96. The fraction of sp³-hybridized carbons (Fsp3) is 0.667. The predicted octanol–water partition coefficient (Wildman–Crippen LogP) is 0.272. The first-order valence-electron chi connectivity index (χ1n) is 10.3. The molecule has 0 atom stereocenters. The van der Waals surface area contributed by atoms with Gasteiger partial charge in [0.2, 0.25) is 0 Å². The van der Waals surface area contributed by atoms with Crippen LogP contribution in [0.15, 0.2) is 18.6 Å². The number of rotatable bonds is 5. The van der Waals surface area contributed by atoms with Gasteiger partial charge in [-0.3, -0.25) is 0 Å². The Morgan fingerprint density at radius 1 is 1.20 bits per heavy atom. The molecule has 164 valence electrons. The Kier molecular flexibility index (Phi) is 4.80. The van der Waals surface area contributed by atoms with E-state index in [9.17, 15) is 16.8 Å². The van der Waals surface area contributed by atoms with Crippen LogP contribution in [-0.2, 0) is 20.0 Å². The number of hydrogen-bond donors (Lipinski definition) is 2. The van der Waals surface area contributed by atoms with Crippen molar-refractivity contribution in [2.75, 3.05) is 42.6 Å². The van der Waals surface area contributed by atoms with Gasteiger partial charge in [0.15, 0.2) is 0 Å². The van der Waals surface area contributed by atoms with E-state index in [1.165, 1.54) is 6.33 Å². The zero-order chi connectivity index (χ0) is 21.0. The number of piperazine rings is 1. The van der Waals surface area contributed by atoms with Gasteiger partial charge in [-0.1, -0.05) is 0 Å². The van der Waals surface area contributed by atoms with Gasteiger partial charge in [0, 0.05) is 32.4 Å². The molecule has 2 N–H and O–H groups in total. The van der Waals surface area contributed by atoms with E-state index in [2.05, 4.69) is 24.6 Å². The summed E-state index contributed by atoms with van der Waals surface area (Å²) in [5.41, 5.74) is 0.379. The van der Waals surface area contributed by atoms with Crippen molar-refractivity contribution < 1.29 is 16.8 Å². The number of nitrogens with one attached hydrogen (secondary N) is 2. The number of anilines is 1. The summed E-state index contributed by atoms with van der Waals surface area (Å²) in [5, 5.41) is 0.940. The molecule has 0 radical (unpaired) electrons. The summed E-state index contributed by atoms with van der Waals surface area (Å²) in [6.45, 7) is 1.85. The fourth-order valence-electron chi connectivity index (χ4n) is 4.62. The third-order valence-electron chi connectivity index (χ3n) is 6.57. The third kappa shape index (κ3) is 3.70. The summed E-state index contributed by atoms with van der Waals surface area (Å²) in [6.07, 6.45) is 6.05. The van der Waals surface area contributed by atoms with Crippen LogP contribution >= 0.6 is 0 Å². The molecule has 1 saturated carbocycles. The van der Waals surface area contributed by atoms with Crippen molar-refractivity contribution in [3.63, 3.8) is 0 Å². The lowest BCUT2D eigenvalue weighted by Gasteiger charge is -2.41. The van der Waals surface area contributed by atoms with Crippen LogP contribution in [0, 0.1) is 5.92 Å². The number of hydrogen-bond acceptors (Lipinski definition) is 7. The molecule has 30 heavy (non-hydrogen) atoms. The molecule has 10 nitrogen and oxygen atoms in total. The lowest BCUT2D eigenvalue weighted by Crippen LogP contribution is -2.60. The highest BCUT2D eigenvalue weighted by Gasteiger charge is 2.56. The van der Waals surface area contributed by atoms with Gasteiger partial charge in [-0.25, -0.2) is 23.1 Å². The molecule has 0 amide bonds. The Balaban J connectivity index is 1.27. The maximum atomic E-state index is 13.1. The van der Waals surface area contributed by atoms with E-state index < -0.39 is 25.6 Å². The Bertz CT molecular complexity index is 1140. The van der Waals surface area contributed by atoms with E-state index in [0.717, 1.165) is 29.7 Å². The molecule has 4 heterocycles. The second kappa shape index (κ2) is 7.14. The Morgan fingerprint density at radius 2 is 1.97 bits per heavy atom. The van der Waals surface area contributed by atoms with Crippen molar-refractivity contribution in [1.82, 2.24) is 24.0 Å². The second-order valence-electron chi connectivity index (χ2n) is 8.60. The molecule has 5 rings (SSSR count). The second-order valence-corrected chi connectivity index (χ2v) is 12.6. The number of aromatic nitrogens is 3. The van der Waals surface area contributed by atoms with Gasteiger partial charge in [-0.2, -0.15) is 12.7 Å². The largest absolute Gasteiger partial charge is 0.353 e. The summed E-state index contributed by atoms with van der Waals surface area (Å²) >= 11 is 0. The topological polar surface area (TPSA) is 128 Å². The first-order valence-corrected chi connectivity index (χ1v) is 13.6. The summed E-state index contributed by atoms with van der Waals surface area (Å²) in [6, 6.07) is 1.94. The normalized spacial score (nSPS) is 24.5. The maximum Gasteiger partial charge on any atom is 0.280 e. The fourth-order valence-corrected chi connectivity index (χ4v) is 7.89. The molecule has 0 bridgehead atoms.